The Bertz CT molecular complexity index is 633. The highest BCUT2D eigenvalue weighted by atomic mass is 16.5. The topological polar surface area (TPSA) is 49.3 Å². The molecule has 0 aliphatic carbocycles. The van der Waals surface area contributed by atoms with E-state index in [0.717, 1.165) is 64.0 Å². The first-order valence-corrected chi connectivity index (χ1v) is 11.6. The Kier molecular flexibility index (Phi) is 9.27. The molecule has 0 saturated carbocycles. The molecule has 2 saturated heterocycles. The van der Waals surface area contributed by atoms with Crippen LogP contribution in [0.15, 0.2) is 29.3 Å². The Labute approximate surface area is 182 Å². The standard InChI is InChI=1S/C24H40N4O2/c1-20-9-13-27(14-10-20)22-7-5-21(6-8-22)19-26-24(25-2)28-15-11-23(12-16-28)30-18-4-17-29-3/h5-8,20,23H,4,9-19H2,1-3H3,(H,25,26). The van der Waals surface area contributed by atoms with Crippen LogP contribution in [0, 0.1) is 5.92 Å². The second kappa shape index (κ2) is 12.2. The van der Waals surface area contributed by atoms with E-state index < -0.39 is 0 Å². The number of anilines is 1. The molecule has 6 heteroatoms. The third kappa shape index (κ3) is 6.88. The van der Waals surface area contributed by atoms with Crippen LogP contribution in [0.3, 0.4) is 0 Å². The van der Waals surface area contributed by atoms with Gasteiger partial charge in [0.15, 0.2) is 5.96 Å². The maximum atomic E-state index is 5.97. The number of nitrogens with zero attached hydrogens (tertiary/aromatic N) is 3. The predicted molar refractivity (Wildman–Crippen MR) is 124 cm³/mol. The summed E-state index contributed by atoms with van der Waals surface area (Å²) in [4.78, 5) is 9.36. The first kappa shape index (κ1) is 22.9. The zero-order valence-corrected chi connectivity index (χ0v) is 19.1. The first-order chi connectivity index (χ1) is 14.7. The lowest BCUT2D eigenvalue weighted by atomic mass is 9.99. The summed E-state index contributed by atoms with van der Waals surface area (Å²) < 4.78 is 11.1. The van der Waals surface area contributed by atoms with Crippen LogP contribution in [-0.4, -0.2) is 70.5 Å². The minimum Gasteiger partial charge on any atom is -0.385 e. The van der Waals surface area contributed by atoms with Crippen LogP contribution < -0.4 is 10.2 Å². The van der Waals surface area contributed by atoms with Crippen molar-refractivity contribution in [2.75, 3.05) is 58.5 Å². The molecule has 0 spiro atoms. The van der Waals surface area contributed by atoms with E-state index in [1.807, 2.05) is 7.05 Å². The summed E-state index contributed by atoms with van der Waals surface area (Å²) in [6.45, 7) is 9.05. The summed E-state index contributed by atoms with van der Waals surface area (Å²) in [6, 6.07) is 9.02. The zero-order chi connectivity index (χ0) is 21.2. The number of benzene rings is 1. The van der Waals surface area contributed by atoms with Gasteiger partial charge < -0.3 is 24.6 Å². The predicted octanol–water partition coefficient (Wildman–Crippen LogP) is 3.52. The van der Waals surface area contributed by atoms with Crippen molar-refractivity contribution in [3.8, 4) is 0 Å². The third-order valence-electron chi connectivity index (χ3n) is 6.34. The molecule has 1 N–H and O–H groups in total. The monoisotopic (exact) mass is 416 g/mol. The average Bonchev–Trinajstić information content (AvgIpc) is 2.79. The van der Waals surface area contributed by atoms with Crippen molar-refractivity contribution in [1.82, 2.24) is 10.2 Å². The van der Waals surface area contributed by atoms with Crippen LogP contribution in [0.4, 0.5) is 5.69 Å². The van der Waals surface area contributed by atoms with Crippen LogP contribution in [0.5, 0.6) is 0 Å². The van der Waals surface area contributed by atoms with Gasteiger partial charge in [0.05, 0.1) is 6.10 Å². The molecule has 0 radical (unpaired) electrons. The number of aliphatic imine (C=N–C) groups is 1. The maximum absolute atomic E-state index is 5.97. The minimum atomic E-state index is 0.363. The van der Waals surface area contributed by atoms with Gasteiger partial charge >= 0.3 is 0 Å². The molecule has 168 valence electrons. The van der Waals surface area contributed by atoms with Gasteiger partial charge in [0.25, 0.3) is 0 Å². The van der Waals surface area contributed by atoms with Gasteiger partial charge in [-0.2, -0.15) is 0 Å². The van der Waals surface area contributed by atoms with Crippen molar-refractivity contribution in [3.05, 3.63) is 29.8 Å². The molecule has 2 aliphatic rings. The van der Waals surface area contributed by atoms with Crippen LogP contribution >= 0.6 is 0 Å². The summed E-state index contributed by atoms with van der Waals surface area (Å²) in [5.74, 6) is 1.85. The molecule has 30 heavy (non-hydrogen) atoms. The summed E-state index contributed by atoms with van der Waals surface area (Å²) in [5, 5.41) is 3.54. The molecule has 3 rings (SSSR count). The minimum absolute atomic E-state index is 0.363. The van der Waals surface area contributed by atoms with Gasteiger partial charge in [-0.15, -0.1) is 0 Å². The molecule has 6 nitrogen and oxygen atoms in total. The van der Waals surface area contributed by atoms with E-state index in [-0.39, 0.29) is 0 Å². The summed E-state index contributed by atoms with van der Waals surface area (Å²) >= 11 is 0. The smallest absolute Gasteiger partial charge is 0.193 e. The molecule has 1 aromatic carbocycles. The van der Waals surface area contributed by atoms with E-state index in [1.165, 1.54) is 37.2 Å². The molecule has 0 amide bonds. The molecular formula is C24H40N4O2. The fraction of sp³-hybridized carbons (Fsp3) is 0.708. The second-order valence-electron chi connectivity index (χ2n) is 8.64. The lowest BCUT2D eigenvalue weighted by Crippen LogP contribution is -2.46. The fourth-order valence-corrected chi connectivity index (χ4v) is 4.29. The van der Waals surface area contributed by atoms with Crippen molar-refractivity contribution in [2.45, 2.75) is 51.7 Å². The van der Waals surface area contributed by atoms with E-state index in [0.29, 0.717) is 6.10 Å². The first-order valence-electron chi connectivity index (χ1n) is 11.6. The van der Waals surface area contributed by atoms with Gasteiger partial charge in [-0.3, -0.25) is 4.99 Å². The lowest BCUT2D eigenvalue weighted by Gasteiger charge is -2.34. The molecule has 0 bridgehead atoms. The van der Waals surface area contributed by atoms with E-state index >= 15 is 0 Å². The normalized spacial score (nSPS) is 19.4. The van der Waals surface area contributed by atoms with Gasteiger partial charge in [0.1, 0.15) is 0 Å². The number of likely N-dealkylation sites (tertiary alicyclic amines) is 1. The number of hydrogen-bond acceptors (Lipinski definition) is 4. The molecule has 2 heterocycles. The van der Waals surface area contributed by atoms with Crippen molar-refractivity contribution in [1.29, 1.82) is 0 Å². The van der Waals surface area contributed by atoms with Gasteiger partial charge in [0, 0.05) is 65.8 Å². The Hall–Kier alpha value is -1.79. The number of ether oxygens (including phenoxy) is 2. The van der Waals surface area contributed by atoms with E-state index in [9.17, 15) is 0 Å². The Balaban J connectivity index is 1.40. The highest BCUT2D eigenvalue weighted by molar-refractivity contribution is 5.80. The number of methoxy groups -OCH3 is 1. The van der Waals surface area contributed by atoms with Crippen LogP contribution in [-0.2, 0) is 16.0 Å². The highest BCUT2D eigenvalue weighted by Gasteiger charge is 2.22. The average molecular weight is 417 g/mol. The van der Waals surface area contributed by atoms with Crippen molar-refractivity contribution < 1.29 is 9.47 Å². The van der Waals surface area contributed by atoms with Gasteiger partial charge in [0.2, 0.25) is 0 Å². The van der Waals surface area contributed by atoms with E-state index in [1.54, 1.807) is 7.11 Å². The maximum Gasteiger partial charge on any atom is 0.193 e. The number of rotatable bonds is 8. The molecule has 0 atom stereocenters. The number of hydrogen-bond donors (Lipinski definition) is 1. The second-order valence-corrected chi connectivity index (χ2v) is 8.64. The third-order valence-corrected chi connectivity index (χ3v) is 6.34. The summed E-state index contributed by atoms with van der Waals surface area (Å²) in [7, 11) is 3.61. The fourth-order valence-electron chi connectivity index (χ4n) is 4.29. The van der Waals surface area contributed by atoms with E-state index in [2.05, 4.69) is 51.3 Å². The van der Waals surface area contributed by atoms with Crippen molar-refractivity contribution in [3.63, 3.8) is 0 Å². The van der Waals surface area contributed by atoms with Gasteiger partial charge in [-0.05, 0) is 55.7 Å². The largest absolute Gasteiger partial charge is 0.385 e. The highest BCUT2D eigenvalue weighted by Crippen LogP contribution is 2.23. The van der Waals surface area contributed by atoms with Gasteiger partial charge in [-0.1, -0.05) is 19.1 Å². The number of piperidine rings is 2. The Morgan fingerprint density at radius 1 is 1.03 bits per heavy atom. The van der Waals surface area contributed by atoms with Crippen LogP contribution in [0.25, 0.3) is 0 Å². The molecule has 1 aromatic rings. The Morgan fingerprint density at radius 3 is 2.37 bits per heavy atom. The molecule has 0 aromatic heterocycles. The SMILES string of the molecule is CN=C(NCc1ccc(N2CCC(C)CC2)cc1)N1CCC(OCCCOC)CC1. The van der Waals surface area contributed by atoms with Crippen LogP contribution in [0.1, 0.15) is 44.6 Å². The summed E-state index contributed by atoms with van der Waals surface area (Å²) in [5.41, 5.74) is 2.64. The number of guanidine groups is 1. The van der Waals surface area contributed by atoms with Gasteiger partial charge in [-0.25, -0.2) is 0 Å². The molecule has 2 fully saturated rings. The molecule has 2 aliphatic heterocycles. The van der Waals surface area contributed by atoms with Crippen LogP contribution in [0.2, 0.25) is 0 Å². The van der Waals surface area contributed by atoms with E-state index in [4.69, 9.17) is 9.47 Å². The molecular weight excluding hydrogens is 376 g/mol. The zero-order valence-electron chi connectivity index (χ0n) is 19.1. The van der Waals surface area contributed by atoms with Crippen molar-refractivity contribution in [2.24, 2.45) is 10.9 Å². The summed E-state index contributed by atoms with van der Waals surface area (Å²) in [6.07, 6.45) is 6.04. The lowest BCUT2D eigenvalue weighted by molar-refractivity contribution is 0.00989. The molecule has 0 unspecified atom stereocenters. The number of nitrogens with one attached hydrogen (secondary N) is 1. The quantitative estimate of drug-likeness (QED) is 0.399. The Morgan fingerprint density at radius 2 is 1.73 bits per heavy atom. The van der Waals surface area contributed by atoms with Crippen molar-refractivity contribution >= 4 is 11.6 Å².